The van der Waals surface area contributed by atoms with E-state index in [1.165, 1.54) is 13.2 Å². The Morgan fingerprint density at radius 1 is 1.17 bits per heavy atom. The Balaban J connectivity index is -0.0000000922. The second-order valence-electron chi connectivity index (χ2n) is 3.01. The molecular formula is C12H25O5Ti-. The molecule has 0 amide bonds. The molecule has 0 rings (SSSR count). The smallest absolute Gasteiger partial charge is 0.131 e. The monoisotopic (exact) mass is 297 g/mol. The first-order valence-corrected chi connectivity index (χ1v) is 5.76. The zero-order valence-electron chi connectivity index (χ0n) is 11.7. The minimum Gasteiger partial charge on any atom is -0.539 e. The second-order valence-corrected chi connectivity index (χ2v) is 3.01. The van der Waals surface area contributed by atoms with Crippen molar-refractivity contribution in [3.05, 3.63) is 0 Å². The third-order valence-electron chi connectivity index (χ3n) is 1.26. The molecule has 0 aromatic carbocycles. The number of rotatable bonds is 6. The molecule has 5 nitrogen and oxygen atoms in total. The van der Waals surface area contributed by atoms with Crippen LogP contribution >= 0.6 is 0 Å². The van der Waals surface area contributed by atoms with E-state index in [9.17, 15) is 9.59 Å². The van der Waals surface area contributed by atoms with Crippen LogP contribution in [0.4, 0.5) is 0 Å². The maximum absolute atomic E-state index is 10.4. The molecule has 0 spiro atoms. The number of aliphatic hydroxyl groups excluding tert-OH is 2. The average molecular weight is 297 g/mol. The number of ether oxygens (including phenoxy) is 1. The summed E-state index contributed by atoms with van der Waals surface area (Å²) in [4.78, 5) is 20.2. The fourth-order valence-corrected chi connectivity index (χ4v) is 0.401. The van der Waals surface area contributed by atoms with Gasteiger partial charge >= 0.3 is 0 Å². The molecule has 0 aliphatic rings. The quantitative estimate of drug-likeness (QED) is 0.432. The molecule has 0 saturated heterocycles. The van der Waals surface area contributed by atoms with Crippen LogP contribution in [-0.4, -0.2) is 48.2 Å². The van der Waals surface area contributed by atoms with Crippen molar-refractivity contribution in [3.63, 3.8) is 0 Å². The largest absolute Gasteiger partial charge is 0.539 e. The van der Waals surface area contributed by atoms with Crippen LogP contribution in [0.1, 0.15) is 40.5 Å². The zero-order valence-corrected chi connectivity index (χ0v) is 13.3. The minimum absolute atomic E-state index is 0. The molecule has 6 heteroatoms. The molecule has 0 aromatic rings. The molecule has 1 atom stereocenters. The van der Waals surface area contributed by atoms with Crippen LogP contribution in [0.5, 0.6) is 0 Å². The van der Waals surface area contributed by atoms with E-state index in [0.29, 0.717) is 19.8 Å². The topological polar surface area (TPSA) is 83.8 Å². The van der Waals surface area contributed by atoms with Gasteiger partial charge in [0.15, 0.2) is 0 Å². The average Bonchev–Trinajstić information content (AvgIpc) is 2.36. The molecule has 18 heavy (non-hydrogen) atoms. The first-order valence-electron chi connectivity index (χ1n) is 5.76. The molecule has 2 N–H and O–H groups in total. The normalized spacial score (nSPS) is 9.67. The van der Waals surface area contributed by atoms with E-state index in [1.807, 2.05) is 13.8 Å². The van der Waals surface area contributed by atoms with Gasteiger partial charge in [0.25, 0.3) is 0 Å². The Morgan fingerprint density at radius 2 is 1.50 bits per heavy atom. The summed E-state index contributed by atoms with van der Waals surface area (Å²) >= 11 is 0. The fourth-order valence-electron chi connectivity index (χ4n) is 0.401. The van der Waals surface area contributed by atoms with Gasteiger partial charge in [0.05, 0.1) is 0 Å². The molecule has 1 unspecified atom stereocenters. The van der Waals surface area contributed by atoms with Crippen LogP contribution in [0.2, 0.25) is 0 Å². The number of hydrogen-bond acceptors (Lipinski definition) is 5. The summed E-state index contributed by atoms with van der Waals surface area (Å²) in [6, 6.07) is 0. The summed E-state index contributed by atoms with van der Waals surface area (Å²) in [7, 11) is 0. The van der Waals surface area contributed by atoms with Gasteiger partial charge in [-0.3, -0.25) is 4.79 Å². The molecule has 0 fully saturated rings. The van der Waals surface area contributed by atoms with Crippen LogP contribution in [0.25, 0.3) is 0 Å². The van der Waals surface area contributed by atoms with Gasteiger partial charge in [-0.05, 0) is 26.7 Å². The number of ketones is 1. The van der Waals surface area contributed by atoms with E-state index in [4.69, 9.17) is 10.2 Å². The van der Waals surface area contributed by atoms with E-state index in [2.05, 4.69) is 4.74 Å². The van der Waals surface area contributed by atoms with Gasteiger partial charge in [-0.1, -0.05) is 13.8 Å². The van der Waals surface area contributed by atoms with Gasteiger partial charge in [0.1, 0.15) is 5.78 Å². The molecule has 0 aliphatic carbocycles. The Hall–Kier alpha value is -0.0657. The Labute approximate surface area is 125 Å². The Bertz CT molecular complexity index is 157. The molecule has 0 saturated carbocycles. The number of carbonyl (C=O) groups is 1. The van der Waals surface area contributed by atoms with Crippen LogP contribution in [0, 0.1) is 0 Å². The number of aliphatic hydroxyl groups is 2. The van der Waals surface area contributed by atoms with Crippen LogP contribution in [-0.2, 0) is 36.0 Å². The molecule has 0 bridgehead atoms. The van der Waals surface area contributed by atoms with E-state index < -0.39 is 6.10 Å². The SMILES string of the molecule is CCCO.CCCO.CCOC([C-]=O)C(C)=O.[Ti]. The van der Waals surface area contributed by atoms with Crippen molar-refractivity contribution in [2.24, 2.45) is 0 Å². The van der Waals surface area contributed by atoms with Crippen molar-refractivity contribution in [2.45, 2.75) is 46.6 Å². The van der Waals surface area contributed by atoms with Gasteiger partial charge < -0.3 is 19.7 Å². The zero-order chi connectivity index (χ0) is 14.1. The minimum atomic E-state index is -0.977. The summed E-state index contributed by atoms with van der Waals surface area (Å²) < 4.78 is 4.68. The van der Waals surface area contributed by atoms with Gasteiger partial charge in [-0.2, -0.15) is 0 Å². The van der Waals surface area contributed by atoms with E-state index in [-0.39, 0.29) is 27.5 Å². The van der Waals surface area contributed by atoms with Gasteiger partial charge in [-0.15, -0.1) is 0 Å². The predicted molar refractivity (Wildman–Crippen MR) is 66.5 cm³/mol. The third kappa shape index (κ3) is 29.7. The first kappa shape index (κ1) is 26.5. The number of Topliss-reactive ketones (excluding diaryl/α,β-unsaturated/α-hetero) is 1. The number of carbonyl (C=O) groups excluding carboxylic acids is 2. The Kier molecular flexibility index (Phi) is 37.8. The molecule has 0 aliphatic heterocycles. The van der Waals surface area contributed by atoms with Crippen molar-refractivity contribution in [3.8, 4) is 0 Å². The molecule has 0 aromatic heterocycles. The maximum Gasteiger partial charge on any atom is 0.131 e. The summed E-state index contributed by atoms with van der Waals surface area (Å²) in [6.07, 6.45) is 2.25. The third-order valence-corrected chi connectivity index (χ3v) is 1.26. The summed E-state index contributed by atoms with van der Waals surface area (Å²) in [5, 5.41) is 15.8. The molecule has 108 valence electrons. The fraction of sp³-hybridized carbons (Fsp3) is 0.833. The van der Waals surface area contributed by atoms with E-state index in [1.54, 1.807) is 6.92 Å². The standard InChI is InChI=1S/C6H9O3.2C3H8O.Ti/c1-3-9-6(4-7)5(2)8;2*1-2-3-4;/h6H,3H2,1-2H3;2*4H,2-3H2,1H3;/q-1;;;. The maximum atomic E-state index is 10.4. The summed E-state index contributed by atoms with van der Waals surface area (Å²) in [6.45, 7) is 7.87. The summed E-state index contributed by atoms with van der Waals surface area (Å²) in [5.74, 6) is -0.299. The van der Waals surface area contributed by atoms with Crippen molar-refractivity contribution < 1.29 is 46.3 Å². The van der Waals surface area contributed by atoms with Crippen molar-refractivity contribution in [1.29, 1.82) is 0 Å². The van der Waals surface area contributed by atoms with Crippen LogP contribution in [0.15, 0.2) is 0 Å². The second kappa shape index (κ2) is 25.7. The molecule has 0 radical (unpaired) electrons. The first-order chi connectivity index (χ1) is 8.05. The van der Waals surface area contributed by atoms with Gasteiger partial charge in [0.2, 0.25) is 0 Å². The van der Waals surface area contributed by atoms with E-state index >= 15 is 0 Å². The van der Waals surface area contributed by atoms with E-state index in [0.717, 1.165) is 12.8 Å². The van der Waals surface area contributed by atoms with Crippen molar-refractivity contribution in [1.82, 2.24) is 0 Å². The van der Waals surface area contributed by atoms with Gasteiger partial charge in [0, 0.05) is 47.6 Å². The van der Waals surface area contributed by atoms with Crippen LogP contribution < -0.4 is 0 Å². The van der Waals surface area contributed by atoms with Gasteiger partial charge in [-0.25, -0.2) is 6.29 Å². The number of hydrogen-bond donors (Lipinski definition) is 2. The van der Waals surface area contributed by atoms with Crippen molar-refractivity contribution >= 4 is 12.1 Å². The van der Waals surface area contributed by atoms with Crippen molar-refractivity contribution in [2.75, 3.05) is 19.8 Å². The summed E-state index contributed by atoms with van der Waals surface area (Å²) in [5.41, 5.74) is 0. The van der Waals surface area contributed by atoms with Crippen LogP contribution in [0.3, 0.4) is 0 Å². The molecule has 0 heterocycles. The molecular weight excluding hydrogens is 272 g/mol. The Morgan fingerprint density at radius 3 is 1.56 bits per heavy atom. The predicted octanol–water partition coefficient (Wildman–Crippen LogP) is 0.865.